The molecular weight excluding hydrogens is 392 g/mol. The molecule has 0 spiro atoms. The van der Waals surface area contributed by atoms with Crippen molar-refractivity contribution < 1.29 is 23.7 Å². The van der Waals surface area contributed by atoms with E-state index < -0.39 is 47.5 Å². The number of esters is 1. The third-order valence-corrected chi connectivity index (χ3v) is 4.92. The number of ether oxygens (including phenoxy) is 4. The number of aromatic amines is 1. The number of nitrogens with zero attached hydrogens (tertiary/aromatic N) is 1. The Balaban J connectivity index is 1.51. The number of benzene rings is 1. The van der Waals surface area contributed by atoms with Crippen LogP contribution in [-0.4, -0.2) is 46.2 Å². The van der Waals surface area contributed by atoms with Crippen molar-refractivity contribution in [1.82, 2.24) is 9.55 Å². The second kappa shape index (κ2) is 7.57. The van der Waals surface area contributed by atoms with Crippen LogP contribution in [0.4, 0.5) is 0 Å². The van der Waals surface area contributed by atoms with Crippen LogP contribution in [0.1, 0.15) is 36.0 Å². The van der Waals surface area contributed by atoms with Gasteiger partial charge in [0.25, 0.3) is 5.56 Å². The molecule has 1 N–H and O–H groups in total. The van der Waals surface area contributed by atoms with Gasteiger partial charge in [0.2, 0.25) is 0 Å². The zero-order valence-electron chi connectivity index (χ0n) is 16.4. The molecule has 2 saturated heterocycles. The fraction of sp³-hybridized carbons (Fsp3) is 0.381. The Morgan fingerprint density at radius 3 is 2.57 bits per heavy atom. The van der Waals surface area contributed by atoms with E-state index in [4.69, 9.17) is 25.4 Å². The number of carbonyl (C=O) groups excluding carboxylic acids is 1. The van der Waals surface area contributed by atoms with Crippen molar-refractivity contribution in [1.29, 1.82) is 0 Å². The molecule has 0 saturated carbocycles. The number of hydrogen-bond acceptors (Lipinski definition) is 7. The zero-order chi connectivity index (χ0) is 21.5. The van der Waals surface area contributed by atoms with Crippen molar-refractivity contribution in [3.8, 4) is 12.3 Å². The number of H-pyrrole nitrogens is 1. The quantitative estimate of drug-likeness (QED) is 0.584. The maximum Gasteiger partial charge on any atom is 0.338 e. The molecule has 9 nitrogen and oxygen atoms in total. The first kappa shape index (κ1) is 20.1. The summed E-state index contributed by atoms with van der Waals surface area (Å²) in [5.41, 5.74) is -0.149. The molecule has 3 heterocycles. The summed E-state index contributed by atoms with van der Waals surface area (Å²) in [6.45, 7) is 3.38. The summed E-state index contributed by atoms with van der Waals surface area (Å²) in [6, 6.07) is 7.67. The molecular formula is C21H20N2O7. The smallest absolute Gasteiger partial charge is 0.338 e. The first-order chi connectivity index (χ1) is 14.3. The molecule has 1 aromatic carbocycles. The summed E-state index contributed by atoms with van der Waals surface area (Å²) in [7, 11) is 0. The number of fused-ring (bicyclic) bond motifs is 1. The maximum atomic E-state index is 12.4. The number of rotatable bonds is 4. The molecule has 0 unspecified atom stereocenters. The van der Waals surface area contributed by atoms with E-state index in [0.717, 1.165) is 0 Å². The van der Waals surface area contributed by atoms with Gasteiger partial charge in [-0.25, -0.2) is 9.59 Å². The van der Waals surface area contributed by atoms with Gasteiger partial charge in [0.15, 0.2) is 12.0 Å². The van der Waals surface area contributed by atoms with Crippen molar-refractivity contribution in [3.05, 3.63) is 68.5 Å². The highest BCUT2D eigenvalue weighted by Gasteiger charge is 2.56. The van der Waals surface area contributed by atoms with Gasteiger partial charge in [-0.2, -0.15) is 0 Å². The van der Waals surface area contributed by atoms with Crippen LogP contribution in [0.2, 0.25) is 0 Å². The fourth-order valence-electron chi connectivity index (χ4n) is 3.59. The Kier molecular flexibility index (Phi) is 5.07. The van der Waals surface area contributed by atoms with Crippen LogP contribution in [0.25, 0.3) is 0 Å². The van der Waals surface area contributed by atoms with Crippen molar-refractivity contribution in [2.24, 2.45) is 0 Å². The third kappa shape index (κ3) is 3.80. The lowest BCUT2D eigenvalue weighted by molar-refractivity contribution is -0.200. The first-order valence-electron chi connectivity index (χ1n) is 9.34. The molecule has 9 heteroatoms. The minimum atomic E-state index is -0.906. The van der Waals surface area contributed by atoms with Crippen molar-refractivity contribution in [2.75, 3.05) is 6.61 Å². The van der Waals surface area contributed by atoms with E-state index >= 15 is 0 Å². The van der Waals surface area contributed by atoms with Crippen LogP contribution in [0.3, 0.4) is 0 Å². The molecule has 0 bridgehead atoms. The van der Waals surface area contributed by atoms with E-state index in [2.05, 4.69) is 10.9 Å². The van der Waals surface area contributed by atoms with E-state index in [9.17, 15) is 14.4 Å². The van der Waals surface area contributed by atoms with Crippen LogP contribution in [0, 0.1) is 12.3 Å². The summed E-state index contributed by atoms with van der Waals surface area (Å²) < 4.78 is 24.4. The molecule has 156 valence electrons. The highest BCUT2D eigenvalue weighted by atomic mass is 16.8. The van der Waals surface area contributed by atoms with E-state index in [1.807, 2.05) is 0 Å². The molecule has 0 radical (unpaired) electrons. The Labute approximate surface area is 171 Å². The van der Waals surface area contributed by atoms with Gasteiger partial charge in [0, 0.05) is 17.8 Å². The predicted octanol–water partition coefficient (Wildman–Crippen LogP) is 0.792. The third-order valence-electron chi connectivity index (χ3n) is 4.92. The maximum absolute atomic E-state index is 12.4. The summed E-state index contributed by atoms with van der Waals surface area (Å²) in [4.78, 5) is 38.1. The van der Waals surface area contributed by atoms with Gasteiger partial charge in [0.1, 0.15) is 24.9 Å². The van der Waals surface area contributed by atoms with Crippen LogP contribution < -0.4 is 11.2 Å². The molecule has 2 aromatic rings. The lowest BCUT2D eigenvalue weighted by Crippen LogP contribution is -2.37. The standard InChI is InChI=1S/C21H20N2O7/c1-4-12-5-7-13(8-6-12)19(25)27-11-14-16-17(30-21(2,3)29-16)18(28-14)23-10-9-15(24)22-20(23)26/h1,5-10,14,16-18H,11H2,2-3H3,(H,22,24,26)/t14-,16-,17-,18-/m1/s1. The van der Waals surface area contributed by atoms with Crippen molar-refractivity contribution in [2.45, 2.75) is 44.2 Å². The van der Waals surface area contributed by atoms with E-state index in [1.54, 1.807) is 38.1 Å². The number of nitrogens with one attached hydrogen (secondary N) is 1. The highest BCUT2D eigenvalue weighted by molar-refractivity contribution is 5.89. The molecule has 30 heavy (non-hydrogen) atoms. The topological polar surface area (TPSA) is 109 Å². The average Bonchev–Trinajstić information content (AvgIpc) is 3.19. The molecule has 0 aliphatic carbocycles. The van der Waals surface area contributed by atoms with Crippen LogP contribution in [0.15, 0.2) is 46.1 Å². The molecule has 1 aromatic heterocycles. The summed E-state index contributed by atoms with van der Waals surface area (Å²) >= 11 is 0. The summed E-state index contributed by atoms with van der Waals surface area (Å²) in [5, 5.41) is 0. The first-order valence-corrected chi connectivity index (χ1v) is 9.34. The normalized spacial score (nSPS) is 26.7. The molecule has 4 rings (SSSR count). The van der Waals surface area contributed by atoms with E-state index in [1.165, 1.54) is 16.8 Å². The summed E-state index contributed by atoms with van der Waals surface area (Å²) in [6.07, 6.45) is 3.94. The van der Waals surface area contributed by atoms with Crippen molar-refractivity contribution >= 4 is 5.97 Å². The number of hydrogen-bond donors (Lipinski definition) is 1. The van der Waals surface area contributed by atoms with Crippen LogP contribution in [0.5, 0.6) is 0 Å². The Bertz CT molecular complexity index is 1110. The van der Waals surface area contributed by atoms with Gasteiger partial charge in [0.05, 0.1) is 5.56 Å². The molecule has 2 aliphatic rings. The fourth-order valence-corrected chi connectivity index (χ4v) is 3.59. The molecule has 2 fully saturated rings. The van der Waals surface area contributed by atoms with Gasteiger partial charge >= 0.3 is 11.7 Å². The highest BCUT2D eigenvalue weighted by Crippen LogP contribution is 2.42. The number of aromatic nitrogens is 2. The Morgan fingerprint density at radius 2 is 1.90 bits per heavy atom. The van der Waals surface area contributed by atoms with Gasteiger partial charge in [-0.3, -0.25) is 14.3 Å². The average molecular weight is 412 g/mol. The molecule has 0 amide bonds. The van der Waals surface area contributed by atoms with Crippen LogP contribution >= 0.6 is 0 Å². The van der Waals surface area contributed by atoms with Crippen molar-refractivity contribution in [3.63, 3.8) is 0 Å². The van der Waals surface area contributed by atoms with Gasteiger partial charge in [-0.15, -0.1) is 6.42 Å². The zero-order valence-corrected chi connectivity index (χ0v) is 16.4. The lowest BCUT2D eigenvalue weighted by Gasteiger charge is -2.24. The van der Waals surface area contributed by atoms with E-state index in [0.29, 0.717) is 11.1 Å². The summed E-state index contributed by atoms with van der Waals surface area (Å²) in [5.74, 6) is 1.03. The van der Waals surface area contributed by atoms with Gasteiger partial charge in [-0.05, 0) is 38.1 Å². The largest absolute Gasteiger partial charge is 0.459 e. The molecule has 4 atom stereocenters. The second-order valence-electron chi connectivity index (χ2n) is 7.47. The van der Waals surface area contributed by atoms with Gasteiger partial charge < -0.3 is 18.9 Å². The second-order valence-corrected chi connectivity index (χ2v) is 7.47. The predicted molar refractivity (Wildman–Crippen MR) is 104 cm³/mol. The Morgan fingerprint density at radius 1 is 1.20 bits per heavy atom. The van der Waals surface area contributed by atoms with Gasteiger partial charge in [-0.1, -0.05) is 5.92 Å². The minimum Gasteiger partial charge on any atom is -0.459 e. The van der Waals surface area contributed by atoms with Crippen LogP contribution in [-0.2, 0) is 18.9 Å². The lowest BCUT2D eigenvalue weighted by atomic mass is 10.1. The van der Waals surface area contributed by atoms with E-state index in [-0.39, 0.29) is 6.61 Å². The SMILES string of the molecule is C#Cc1ccc(C(=O)OC[C@H]2O[C@@H](n3ccc(=O)[nH]c3=O)[C@@H]3OC(C)(C)O[C@@H]32)cc1. The monoisotopic (exact) mass is 412 g/mol. The molecule has 2 aliphatic heterocycles. The number of carbonyl (C=O) groups is 1. The minimum absolute atomic E-state index is 0.106. The Hall–Kier alpha value is -3.19. The number of terminal acetylenes is 1.